The summed E-state index contributed by atoms with van der Waals surface area (Å²) in [4.78, 5) is 11.2. The Labute approximate surface area is 90.0 Å². The van der Waals surface area contributed by atoms with E-state index >= 15 is 0 Å². The molecular weight excluding hydrogens is 223 g/mol. The predicted octanol–water partition coefficient (Wildman–Crippen LogP) is 3.33. The molecule has 1 aliphatic heterocycles. The maximum atomic E-state index is 11.2. The second-order valence-electron chi connectivity index (χ2n) is 2.69. The first-order chi connectivity index (χ1) is 6.68. The van der Waals surface area contributed by atoms with Crippen LogP contribution in [0.2, 0.25) is 10.0 Å². The van der Waals surface area contributed by atoms with Gasteiger partial charge >= 0.3 is 0 Å². The first-order valence-electron chi connectivity index (χ1n) is 3.79. The molecule has 5 heteroatoms. The zero-order valence-corrected chi connectivity index (χ0v) is 8.38. The summed E-state index contributed by atoms with van der Waals surface area (Å²) < 4.78 is 0. The molecule has 0 atom stereocenters. The third kappa shape index (κ3) is 1.56. The quantitative estimate of drug-likeness (QED) is 0.725. The summed E-state index contributed by atoms with van der Waals surface area (Å²) in [7, 11) is 0. The first kappa shape index (κ1) is 9.37. The number of amides is 1. The molecule has 0 aromatic heterocycles. The third-order valence-electron chi connectivity index (χ3n) is 1.78. The fraction of sp³-hybridized carbons (Fsp3) is 0. The average molecular weight is 227 g/mol. The van der Waals surface area contributed by atoms with E-state index in [1.165, 1.54) is 6.20 Å². The van der Waals surface area contributed by atoms with E-state index in [-0.39, 0.29) is 0 Å². The van der Waals surface area contributed by atoms with E-state index in [4.69, 9.17) is 23.2 Å². The lowest BCUT2D eigenvalue weighted by Gasteiger charge is -2.02. The van der Waals surface area contributed by atoms with Gasteiger partial charge in [-0.3, -0.25) is 4.79 Å². The van der Waals surface area contributed by atoms with Gasteiger partial charge in [0, 0.05) is 15.6 Å². The molecule has 14 heavy (non-hydrogen) atoms. The highest BCUT2D eigenvalue weighted by molar-refractivity contribution is 6.36. The molecular formula is C9H4Cl2N2O. The van der Waals surface area contributed by atoms with Crippen LogP contribution in [-0.4, -0.2) is 5.91 Å². The van der Waals surface area contributed by atoms with Crippen LogP contribution in [0.15, 0.2) is 34.6 Å². The predicted molar refractivity (Wildman–Crippen MR) is 54.3 cm³/mol. The molecule has 1 aromatic carbocycles. The second-order valence-corrected chi connectivity index (χ2v) is 3.53. The molecule has 1 aromatic rings. The van der Waals surface area contributed by atoms with Crippen LogP contribution >= 0.6 is 23.2 Å². The van der Waals surface area contributed by atoms with Crippen molar-refractivity contribution in [1.29, 1.82) is 0 Å². The Hall–Kier alpha value is -1.19. The summed E-state index contributed by atoms with van der Waals surface area (Å²) in [6.07, 6.45) is 1.37. The molecule has 0 saturated heterocycles. The highest BCUT2D eigenvalue weighted by Crippen LogP contribution is 2.29. The fourth-order valence-corrected chi connectivity index (χ4v) is 1.53. The SMILES string of the molecule is O=C1N=NC=C1c1cc(Cl)ccc1Cl. The number of nitrogens with zero attached hydrogens (tertiary/aromatic N) is 2. The van der Waals surface area contributed by atoms with Crippen LogP contribution in [0.3, 0.4) is 0 Å². The maximum absolute atomic E-state index is 11.2. The zero-order chi connectivity index (χ0) is 10.1. The van der Waals surface area contributed by atoms with Crippen molar-refractivity contribution in [2.24, 2.45) is 10.2 Å². The van der Waals surface area contributed by atoms with Gasteiger partial charge in [-0.2, -0.15) is 5.11 Å². The topological polar surface area (TPSA) is 41.8 Å². The number of hydrogen-bond donors (Lipinski definition) is 0. The number of halogens is 2. The van der Waals surface area contributed by atoms with E-state index in [1.54, 1.807) is 18.2 Å². The summed E-state index contributed by atoms with van der Waals surface area (Å²) in [5.41, 5.74) is 0.937. The van der Waals surface area contributed by atoms with Gasteiger partial charge in [0.1, 0.15) is 0 Å². The Morgan fingerprint density at radius 3 is 2.64 bits per heavy atom. The van der Waals surface area contributed by atoms with Gasteiger partial charge in [-0.05, 0) is 18.2 Å². The molecule has 2 rings (SSSR count). The Morgan fingerprint density at radius 2 is 2.00 bits per heavy atom. The van der Waals surface area contributed by atoms with E-state index < -0.39 is 5.91 Å². The summed E-state index contributed by atoms with van der Waals surface area (Å²) in [6.45, 7) is 0. The Morgan fingerprint density at radius 1 is 1.21 bits per heavy atom. The van der Waals surface area contributed by atoms with Crippen molar-refractivity contribution < 1.29 is 4.79 Å². The fourth-order valence-electron chi connectivity index (χ4n) is 1.14. The lowest BCUT2D eigenvalue weighted by Crippen LogP contribution is -1.94. The van der Waals surface area contributed by atoms with E-state index in [2.05, 4.69) is 10.2 Å². The first-order valence-corrected chi connectivity index (χ1v) is 4.55. The van der Waals surface area contributed by atoms with Crippen molar-refractivity contribution in [3.8, 4) is 0 Å². The van der Waals surface area contributed by atoms with Crippen LogP contribution in [0.25, 0.3) is 5.57 Å². The third-order valence-corrected chi connectivity index (χ3v) is 2.35. The monoisotopic (exact) mass is 226 g/mol. The Kier molecular flexibility index (Phi) is 2.35. The van der Waals surface area contributed by atoms with Gasteiger partial charge in [-0.1, -0.05) is 23.2 Å². The maximum Gasteiger partial charge on any atom is 0.297 e. The molecule has 0 saturated carbocycles. The summed E-state index contributed by atoms with van der Waals surface area (Å²) >= 11 is 11.7. The second kappa shape index (κ2) is 3.52. The minimum absolute atomic E-state index is 0.373. The summed E-state index contributed by atoms with van der Waals surface area (Å²) in [6, 6.07) is 4.90. The van der Waals surface area contributed by atoms with Crippen LogP contribution in [0.1, 0.15) is 5.56 Å². The lowest BCUT2D eigenvalue weighted by atomic mass is 10.1. The smallest absolute Gasteiger partial charge is 0.265 e. The van der Waals surface area contributed by atoms with Crippen LogP contribution in [-0.2, 0) is 4.79 Å². The standard InChI is InChI=1S/C9H4Cl2N2O/c10-5-1-2-8(11)6(3-5)7-4-12-13-9(7)14/h1-4H. The molecule has 0 unspecified atom stereocenters. The van der Waals surface area contributed by atoms with Gasteiger partial charge in [0.15, 0.2) is 0 Å². The van der Waals surface area contributed by atoms with Gasteiger partial charge in [0.25, 0.3) is 5.91 Å². The molecule has 0 N–H and O–H groups in total. The number of benzene rings is 1. The van der Waals surface area contributed by atoms with Crippen molar-refractivity contribution in [2.75, 3.05) is 0 Å². The van der Waals surface area contributed by atoms with Gasteiger partial charge in [0.05, 0.1) is 11.8 Å². The van der Waals surface area contributed by atoms with Crippen LogP contribution in [0, 0.1) is 0 Å². The van der Waals surface area contributed by atoms with Gasteiger partial charge in [-0.15, -0.1) is 5.11 Å². The molecule has 0 fully saturated rings. The minimum Gasteiger partial charge on any atom is -0.265 e. The minimum atomic E-state index is -0.394. The average Bonchev–Trinajstić information content (AvgIpc) is 2.56. The zero-order valence-electron chi connectivity index (χ0n) is 6.87. The Balaban J connectivity index is 2.52. The molecule has 0 spiro atoms. The van der Waals surface area contributed by atoms with Crippen molar-refractivity contribution >= 4 is 34.7 Å². The number of rotatable bonds is 1. The molecule has 0 aliphatic carbocycles. The van der Waals surface area contributed by atoms with Crippen molar-refractivity contribution in [2.45, 2.75) is 0 Å². The van der Waals surface area contributed by atoms with Crippen LogP contribution in [0.4, 0.5) is 0 Å². The molecule has 70 valence electrons. The highest BCUT2D eigenvalue weighted by atomic mass is 35.5. The van der Waals surface area contributed by atoms with E-state index in [9.17, 15) is 4.79 Å². The van der Waals surface area contributed by atoms with Crippen molar-refractivity contribution in [1.82, 2.24) is 0 Å². The van der Waals surface area contributed by atoms with Crippen LogP contribution < -0.4 is 0 Å². The highest BCUT2D eigenvalue weighted by Gasteiger charge is 2.18. The number of carbonyl (C=O) groups excluding carboxylic acids is 1. The van der Waals surface area contributed by atoms with Gasteiger partial charge in [0.2, 0.25) is 0 Å². The molecule has 1 aliphatic rings. The van der Waals surface area contributed by atoms with Crippen molar-refractivity contribution in [3.63, 3.8) is 0 Å². The normalized spacial score (nSPS) is 14.7. The number of carbonyl (C=O) groups is 1. The number of azo groups is 1. The van der Waals surface area contributed by atoms with E-state index in [1.807, 2.05) is 0 Å². The van der Waals surface area contributed by atoms with Crippen LogP contribution in [0.5, 0.6) is 0 Å². The lowest BCUT2D eigenvalue weighted by molar-refractivity contribution is -0.112. The Bertz CT molecular complexity index is 466. The van der Waals surface area contributed by atoms with E-state index in [0.717, 1.165) is 0 Å². The molecule has 3 nitrogen and oxygen atoms in total. The molecule has 0 bridgehead atoms. The van der Waals surface area contributed by atoms with Gasteiger partial charge < -0.3 is 0 Å². The molecule has 1 heterocycles. The largest absolute Gasteiger partial charge is 0.297 e. The molecule has 0 radical (unpaired) electrons. The summed E-state index contributed by atoms with van der Waals surface area (Å²) in [5.74, 6) is -0.394. The summed E-state index contributed by atoms with van der Waals surface area (Å²) in [5, 5.41) is 7.84. The van der Waals surface area contributed by atoms with Crippen molar-refractivity contribution in [3.05, 3.63) is 40.0 Å². The molecule has 1 amide bonds. The van der Waals surface area contributed by atoms with Gasteiger partial charge in [-0.25, -0.2) is 0 Å². The van der Waals surface area contributed by atoms with E-state index in [0.29, 0.717) is 21.2 Å². The number of hydrogen-bond acceptors (Lipinski definition) is 2.